The molecule has 32 nitrogen and oxygen atoms in total. The maximum atomic E-state index is 15.4. The molecular formula is C65H108O32. The molecule has 19 N–H and O–H groups in total. The van der Waals surface area contributed by atoms with Crippen LogP contribution in [0.5, 0.6) is 0 Å². The van der Waals surface area contributed by atoms with Gasteiger partial charge >= 0.3 is 5.97 Å². The smallest absolute Gasteiger partial charge is 0.314 e. The van der Waals surface area contributed by atoms with E-state index in [0.29, 0.717) is 51.4 Å². The number of fused-ring (bicyclic) bond motifs is 7. The van der Waals surface area contributed by atoms with E-state index in [4.69, 9.17) is 56.8 Å². The van der Waals surface area contributed by atoms with Gasteiger partial charge in [0.2, 0.25) is 6.29 Å². The second kappa shape index (κ2) is 28.6. The zero-order valence-corrected chi connectivity index (χ0v) is 56.1. The Bertz CT molecular complexity index is 2670. The first-order valence-electron chi connectivity index (χ1n) is 34.6. The zero-order chi connectivity index (χ0) is 70.9. The highest BCUT2D eigenvalue weighted by Gasteiger charge is 2.73. The molecule has 11 rings (SSSR count). The average Bonchev–Trinajstić information content (AvgIpc) is 0.675. The quantitative estimate of drug-likeness (QED) is 0.0390. The highest BCUT2D eigenvalue weighted by Crippen LogP contribution is 2.77. The van der Waals surface area contributed by atoms with Gasteiger partial charge in [-0.1, -0.05) is 41.5 Å². The first-order valence-corrected chi connectivity index (χ1v) is 34.6. The fourth-order valence-corrected chi connectivity index (χ4v) is 19.8. The Kier molecular flexibility index (Phi) is 22.5. The number of hydrogen-bond donors (Lipinski definition) is 19. The van der Waals surface area contributed by atoms with Crippen LogP contribution < -0.4 is 0 Å². The van der Waals surface area contributed by atoms with E-state index in [-0.39, 0.29) is 58.5 Å². The van der Waals surface area contributed by atoms with Crippen LogP contribution in [0.3, 0.4) is 0 Å². The largest absolute Gasteiger partial charge is 0.432 e. The van der Waals surface area contributed by atoms with Crippen molar-refractivity contribution in [3.05, 3.63) is 0 Å². The summed E-state index contributed by atoms with van der Waals surface area (Å²) in [7, 11) is 0. The molecule has 6 saturated heterocycles. The summed E-state index contributed by atoms with van der Waals surface area (Å²) >= 11 is 0. The highest BCUT2D eigenvalue weighted by molar-refractivity contribution is 5.78. The van der Waals surface area contributed by atoms with E-state index in [9.17, 15) is 97.0 Å². The van der Waals surface area contributed by atoms with Crippen LogP contribution in [-0.4, -0.2) is 320 Å². The molecule has 560 valence electrons. The molecule has 0 bridgehead atoms. The Morgan fingerprint density at radius 1 is 0.464 bits per heavy atom. The van der Waals surface area contributed by atoms with Crippen LogP contribution in [0.1, 0.15) is 126 Å². The van der Waals surface area contributed by atoms with Gasteiger partial charge in [-0.25, -0.2) is 0 Å². The minimum Gasteiger partial charge on any atom is -0.432 e. The van der Waals surface area contributed by atoms with Crippen molar-refractivity contribution in [2.75, 3.05) is 26.4 Å². The van der Waals surface area contributed by atoms with Crippen molar-refractivity contribution in [3.8, 4) is 0 Å². The fourth-order valence-electron chi connectivity index (χ4n) is 19.8. The summed E-state index contributed by atoms with van der Waals surface area (Å²) in [5.74, 6) is -0.978. The summed E-state index contributed by atoms with van der Waals surface area (Å²) in [4.78, 5) is 15.4. The lowest BCUT2D eigenvalue weighted by Crippen LogP contribution is -2.69. The lowest BCUT2D eigenvalue weighted by Gasteiger charge is -2.73. The molecular weight excluding hydrogens is 1290 g/mol. The molecule has 5 saturated carbocycles. The normalized spacial score (nSPS) is 55.9. The zero-order valence-electron chi connectivity index (χ0n) is 56.1. The standard InChI is InChI=1S/C65H108O32/c1-24-34(70)38(74)43(79)53(87-24)92-48-30(21-67)90-55(46(82)42(48)78)96-52(84)50-41(77)40(76)45(81)56(94-50)97-59(85)65-17-15-60(3,4)19-27(65)26-9-10-32-61(5)13-12-33(62(6,23-68)31(61)11-14-64(32,8)63(26,7)16-18-65)91-58-51(36(72)28(69)22-86-58)95-57-47(83)49(35(71)25(2)88-57)93-54-44(80)39(75)37(73)29(20-66)89-54/h24-58,66-84H,9-23H2,1-8H3/t24-,25+,26+,27-,28+,29-,30-,31+,32-,33+,34-,35+,36+,37-,38+,39+,40+,41+,42-,43+,44-,45-,46-,47-,48-,49-,50+,51-,52-,53-,54-,55-,56-,57+,58+,61+,62+,63-,64-,65+/m1/s1. The number of ether oxygens (including phenoxy) is 12. The van der Waals surface area contributed by atoms with Crippen molar-refractivity contribution in [2.24, 2.45) is 56.2 Å². The Balaban J connectivity index is 0.764. The molecule has 0 aromatic rings. The maximum Gasteiger partial charge on any atom is 0.314 e. The van der Waals surface area contributed by atoms with Gasteiger partial charge in [0.25, 0.3) is 0 Å². The van der Waals surface area contributed by atoms with Crippen molar-refractivity contribution in [1.82, 2.24) is 0 Å². The molecule has 11 fully saturated rings. The second-order valence-electron chi connectivity index (χ2n) is 31.8. The van der Waals surface area contributed by atoms with Crippen LogP contribution in [0.15, 0.2) is 0 Å². The number of carbonyl (C=O) groups excluding carboxylic acids is 1. The molecule has 6 aliphatic heterocycles. The minimum absolute atomic E-state index is 0.0192. The van der Waals surface area contributed by atoms with Gasteiger partial charge in [-0.3, -0.25) is 4.79 Å². The predicted molar refractivity (Wildman–Crippen MR) is 322 cm³/mol. The maximum absolute atomic E-state index is 15.4. The van der Waals surface area contributed by atoms with Crippen LogP contribution in [0.4, 0.5) is 0 Å². The van der Waals surface area contributed by atoms with E-state index < -0.39 is 221 Å². The van der Waals surface area contributed by atoms with Gasteiger partial charge in [-0.05, 0) is 130 Å². The Morgan fingerprint density at radius 3 is 1.69 bits per heavy atom. The van der Waals surface area contributed by atoms with Crippen LogP contribution in [0, 0.1) is 56.2 Å². The van der Waals surface area contributed by atoms with Crippen LogP contribution in [0.2, 0.25) is 0 Å². The van der Waals surface area contributed by atoms with Gasteiger partial charge in [0, 0.05) is 5.41 Å². The van der Waals surface area contributed by atoms with E-state index in [2.05, 4.69) is 34.6 Å². The van der Waals surface area contributed by atoms with Crippen LogP contribution in [0.25, 0.3) is 0 Å². The number of aliphatic hydroxyl groups excluding tert-OH is 19. The monoisotopic (exact) mass is 1400 g/mol. The molecule has 0 radical (unpaired) electrons. The third-order valence-electron chi connectivity index (χ3n) is 26.0. The van der Waals surface area contributed by atoms with E-state index in [1.54, 1.807) is 0 Å². The third kappa shape index (κ3) is 13.1. The number of esters is 1. The van der Waals surface area contributed by atoms with Crippen molar-refractivity contribution in [2.45, 2.75) is 317 Å². The Labute approximate surface area is 562 Å². The van der Waals surface area contributed by atoms with Crippen molar-refractivity contribution in [3.63, 3.8) is 0 Å². The van der Waals surface area contributed by atoms with Crippen molar-refractivity contribution < 1.29 is 159 Å². The third-order valence-corrected chi connectivity index (χ3v) is 26.0. The van der Waals surface area contributed by atoms with E-state index in [1.807, 2.05) is 6.92 Å². The molecule has 0 aromatic carbocycles. The summed E-state index contributed by atoms with van der Waals surface area (Å²) in [5.41, 5.74) is -3.29. The molecule has 40 atom stereocenters. The van der Waals surface area contributed by atoms with E-state index >= 15 is 4.79 Å². The molecule has 0 amide bonds. The molecule has 0 aromatic heterocycles. The first-order chi connectivity index (χ1) is 45.5. The predicted octanol–water partition coefficient (Wildman–Crippen LogP) is -5.32. The second-order valence-corrected chi connectivity index (χ2v) is 31.8. The average molecular weight is 1400 g/mol. The summed E-state index contributed by atoms with van der Waals surface area (Å²) in [6.45, 7) is 13.8. The van der Waals surface area contributed by atoms with Gasteiger partial charge in [0.15, 0.2) is 37.7 Å². The fraction of sp³-hybridized carbons (Fsp3) is 0.985. The molecule has 32 heteroatoms. The van der Waals surface area contributed by atoms with E-state index in [1.165, 1.54) is 13.8 Å². The first kappa shape index (κ1) is 76.4. The number of hydrogen-bond acceptors (Lipinski definition) is 32. The van der Waals surface area contributed by atoms with Crippen LogP contribution >= 0.6 is 0 Å². The lowest BCUT2D eigenvalue weighted by atomic mass is 9.31. The van der Waals surface area contributed by atoms with Gasteiger partial charge in [0.1, 0.15) is 128 Å². The minimum atomic E-state index is -2.33. The molecule has 0 spiro atoms. The van der Waals surface area contributed by atoms with Crippen molar-refractivity contribution in [1.29, 1.82) is 0 Å². The van der Waals surface area contributed by atoms with Gasteiger partial charge in [0.05, 0.1) is 50.2 Å². The Morgan fingerprint density at radius 2 is 1.03 bits per heavy atom. The highest BCUT2D eigenvalue weighted by atomic mass is 16.8. The van der Waals surface area contributed by atoms with Gasteiger partial charge < -0.3 is 154 Å². The van der Waals surface area contributed by atoms with E-state index in [0.717, 1.165) is 19.3 Å². The molecule has 0 unspecified atom stereocenters. The van der Waals surface area contributed by atoms with Gasteiger partial charge in [-0.15, -0.1) is 0 Å². The molecule has 97 heavy (non-hydrogen) atoms. The van der Waals surface area contributed by atoms with Crippen LogP contribution in [-0.2, 0) is 61.6 Å². The lowest BCUT2D eigenvalue weighted by molar-refractivity contribution is -0.387. The summed E-state index contributed by atoms with van der Waals surface area (Å²) in [6.07, 6.45) is -46.2. The summed E-state index contributed by atoms with van der Waals surface area (Å²) in [6, 6.07) is 0. The summed E-state index contributed by atoms with van der Waals surface area (Å²) < 4.78 is 70.9. The number of aliphatic hydroxyl groups is 19. The number of rotatable bonds is 16. The van der Waals surface area contributed by atoms with Crippen molar-refractivity contribution >= 4 is 5.97 Å². The SMILES string of the molecule is C[C@@H]1O[C@@H](O[C@H]2[C@H](O[C@H]3CC[C@@]4(C)[C@H](CC[C@]5(C)[C@@H]4CC[C@H]4[C@H]6CC(C)(C)CC[C@]6(C(=O)O[C@H]6O[C@H]([C@H](O)O[C@H]7O[C@H](CO)[C@@H](O[C@H]8O[C@H](C)[C@@H](O)[C@H](O)[C@@H]8O)[C@H](O)[C@H]7O)[C@@H](O)[C@H](O)[C@H]6O)CC[C@]45C)[C@]3(C)CO)OC[C@H](O)[C@@H]2O)[C@H](O)[C@H](O[C@H]2O[C@H](CO)[C@@H](O)[C@H](O)[C@H]2O)[C@H]1O. The topological polar surface area (TPSA) is 512 Å². The molecule has 11 aliphatic rings. The Hall–Kier alpha value is -1.73. The summed E-state index contributed by atoms with van der Waals surface area (Å²) in [5, 5.41) is 208. The molecule has 6 heterocycles. The number of carbonyl (C=O) groups is 1. The molecule has 5 aliphatic carbocycles. The van der Waals surface area contributed by atoms with Gasteiger partial charge in [-0.2, -0.15) is 0 Å².